The molecule has 0 amide bonds. The van der Waals surface area contributed by atoms with Crippen LogP contribution in [0.15, 0.2) is 33.6 Å². The van der Waals surface area contributed by atoms with Gasteiger partial charge in [0.2, 0.25) is 0 Å². The molecule has 8 heteroatoms. The van der Waals surface area contributed by atoms with Crippen molar-refractivity contribution in [2.45, 2.75) is 10.2 Å². The molecule has 0 aliphatic rings. The number of hydrogen-bond donors (Lipinski definition) is 2. The van der Waals surface area contributed by atoms with Gasteiger partial charge in [0, 0.05) is 19.3 Å². The second-order valence-corrected chi connectivity index (χ2v) is 4.13. The minimum absolute atomic E-state index is 0.214. The van der Waals surface area contributed by atoms with E-state index in [0.717, 1.165) is 0 Å². The van der Waals surface area contributed by atoms with Gasteiger partial charge >= 0.3 is 0 Å². The second kappa shape index (κ2) is 5.50. The number of H-pyrrole nitrogens is 1. The van der Waals surface area contributed by atoms with Crippen molar-refractivity contribution in [1.29, 1.82) is 0 Å². The van der Waals surface area contributed by atoms with Crippen LogP contribution >= 0.6 is 11.8 Å². The first-order chi connectivity index (χ1) is 8.74. The van der Waals surface area contributed by atoms with Crippen molar-refractivity contribution in [3.05, 3.63) is 28.9 Å². The molecule has 0 saturated heterocycles. The summed E-state index contributed by atoms with van der Waals surface area (Å²) in [5.41, 5.74) is -0.214. The van der Waals surface area contributed by atoms with Crippen molar-refractivity contribution in [1.82, 2.24) is 19.9 Å². The highest BCUT2D eigenvalue weighted by Gasteiger charge is 2.13. The SMILES string of the molecule is CNc1ncnc(Sc2nccc(=O)[nH]2)c1OC. The quantitative estimate of drug-likeness (QED) is 0.622. The number of aromatic amines is 1. The lowest BCUT2D eigenvalue weighted by Crippen LogP contribution is -2.06. The smallest absolute Gasteiger partial charge is 0.251 e. The summed E-state index contributed by atoms with van der Waals surface area (Å²) in [6.07, 6.45) is 2.85. The number of nitrogens with one attached hydrogen (secondary N) is 2. The predicted octanol–water partition coefficient (Wildman–Crippen LogP) is 0.761. The Kier molecular flexibility index (Phi) is 3.78. The fourth-order valence-corrected chi connectivity index (χ4v) is 2.11. The molecule has 0 fully saturated rings. The van der Waals surface area contributed by atoms with Gasteiger partial charge in [-0.15, -0.1) is 0 Å². The van der Waals surface area contributed by atoms with Crippen LogP contribution in [0.2, 0.25) is 0 Å². The highest BCUT2D eigenvalue weighted by atomic mass is 32.2. The van der Waals surface area contributed by atoms with Crippen LogP contribution in [0.3, 0.4) is 0 Å². The Labute approximate surface area is 107 Å². The van der Waals surface area contributed by atoms with E-state index in [0.29, 0.717) is 21.7 Å². The van der Waals surface area contributed by atoms with Crippen molar-refractivity contribution in [2.24, 2.45) is 0 Å². The summed E-state index contributed by atoms with van der Waals surface area (Å²) in [4.78, 5) is 26.0. The van der Waals surface area contributed by atoms with E-state index in [1.54, 1.807) is 7.05 Å². The molecule has 0 saturated carbocycles. The van der Waals surface area contributed by atoms with E-state index < -0.39 is 0 Å². The van der Waals surface area contributed by atoms with Crippen LogP contribution in [0.1, 0.15) is 0 Å². The molecule has 0 spiro atoms. The van der Waals surface area contributed by atoms with Gasteiger partial charge in [-0.3, -0.25) is 4.79 Å². The van der Waals surface area contributed by atoms with Gasteiger partial charge in [0.25, 0.3) is 5.56 Å². The molecule has 94 valence electrons. The Morgan fingerprint density at radius 3 is 2.89 bits per heavy atom. The number of nitrogens with zero attached hydrogens (tertiary/aromatic N) is 3. The van der Waals surface area contributed by atoms with Gasteiger partial charge in [-0.2, -0.15) is 0 Å². The predicted molar refractivity (Wildman–Crippen MR) is 67.1 cm³/mol. The first-order valence-corrected chi connectivity index (χ1v) is 5.86. The van der Waals surface area contributed by atoms with Crippen molar-refractivity contribution in [3.8, 4) is 5.75 Å². The van der Waals surface area contributed by atoms with Gasteiger partial charge < -0.3 is 15.0 Å². The summed E-state index contributed by atoms with van der Waals surface area (Å²) < 4.78 is 5.24. The fourth-order valence-electron chi connectivity index (χ4n) is 1.29. The van der Waals surface area contributed by atoms with Crippen LogP contribution < -0.4 is 15.6 Å². The Morgan fingerprint density at radius 2 is 2.22 bits per heavy atom. The molecule has 0 aliphatic carbocycles. The third kappa shape index (κ3) is 2.59. The Bertz CT molecular complexity index is 601. The summed E-state index contributed by atoms with van der Waals surface area (Å²) in [6.45, 7) is 0. The maximum Gasteiger partial charge on any atom is 0.251 e. The average Bonchev–Trinajstić information content (AvgIpc) is 2.38. The van der Waals surface area contributed by atoms with Gasteiger partial charge in [0.1, 0.15) is 6.33 Å². The van der Waals surface area contributed by atoms with E-state index in [1.807, 2.05) is 0 Å². The lowest BCUT2D eigenvalue weighted by molar-refractivity contribution is 0.400. The number of hydrogen-bond acceptors (Lipinski definition) is 7. The number of ether oxygens (including phenoxy) is 1. The Hall–Kier alpha value is -2.09. The minimum atomic E-state index is -0.214. The van der Waals surface area contributed by atoms with Gasteiger partial charge in [-0.25, -0.2) is 15.0 Å². The average molecular weight is 265 g/mol. The molecule has 0 aromatic carbocycles. The molecular formula is C10H11N5O2S. The Morgan fingerprint density at radius 1 is 1.39 bits per heavy atom. The number of rotatable bonds is 4. The van der Waals surface area contributed by atoms with E-state index in [-0.39, 0.29) is 5.56 Å². The van der Waals surface area contributed by atoms with Gasteiger partial charge in [-0.05, 0) is 11.8 Å². The molecule has 0 atom stereocenters. The maximum absolute atomic E-state index is 11.2. The van der Waals surface area contributed by atoms with E-state index in [2.05, 4.69) is 25.3 Å². The van der Waals surface area contributed by atoms with Crippen LogP contribution in [0.4, 0.5) is 5.82 Å². The van der Waals surface area contributed by atoms with E-state index in [9.17, 15) is 4.79 Å². The molecule has 0 bridgehead atoms. The molecular weight excluding hydrogens is 254 g/mol. The standard InChI is InChI=1S/C10H11N5O2S/c1-11-8-7(17-2)9(14-5-13-8)18-10-12-4-3-6(16)15-10/h3-5H,1-2H3,(H,11,13,14)(H,12,15,16). The first kappa shape index (κ1) is 12.4. The molecule has 18 heavy (non-hydrogen) atoms. The largest absolute Gasteiger partial charge is 0.490 e. The molecule has 2 rings (SSSR count). The minimum Gasteiger partial charge on any atom is -0.490 e. The molecule has 7 nitrogen and oxygen atoms in total. The van der Waals surface area contributed by atoms with Crippen molar-refractivity contribution < 1.29 is 4.74 Å². The van der Waals surface area contributed by atoms with Crippen LogP contribution in [-0.4, -0.2) is 34.1 Å². The lowest BCUT2D eigenvalue weighted by atomic mass is 10.5. The van der Waals surface area contributed by atoms with Crippen LogP contribution in [-0.2, 0) is 0 Å². The summed E-state index contributed by atoms with van der Waals surface area (Å²) in [7, 11) is 3.27. The van der Waals surface area contributed by atoms with Crippen molar-refractivity contribution in [2.75, 3.05) is 19.5 Å². The number of anilines is 1. The normalized spacial score (nSPS) is 10.1. The van der Waals surface area contributed by atoms with E-state index in [1.165, 1.54) is 37.5 Å². The second-order valence-electron chi connectivity index (χ2n) is 3.15. The molecule has 0 radical (unpaired) electrons. The summed E-state index contributed by atoms with van der Waals surface area (Å²) in [5, 5.41) is 3.92. The zero-order valence-corrected chi connectivity index (χ0v) is 10.6. The molecule has 2 aromatic rings. The number of methoxy groups -OCH3 is 1. The van der Waals surface area contributed by atoms with E-state index in [4.69, 9.17) is 4.74 Å². The topological polar surface area (TPSA) is 92.8 Å². The maximum atomic E-state index is 11.2. The third-order valence-electron chi connectivity index (χ3n) is 2.05. The Balaban J connectivity index is 2.37. The molecule has 2 heterocycles. The number of aromatic nitrogens is 4. The third-order valence-corrected chi connectivity index (χ3v) is 2.94. The van der Waals surface area contributed by atoms with Crippen LogP contribution in [0, 0.1) is 0 Å². The molecule has 2 aromatic heterocycles. The highest BCUT2D eigenvalue weighted by Crippen LogP contribution is 2.34. The summed E-state index contributed by atoms with van der Waals surface area (Å²) >= 11 is 1.20. The first-order valence-electron chi connectivity index (χ1n) is 5.04. The zero-order chi connectivity index (χ0) is 13.0. The molecule has 0 unspecified atom stereocenters. The summed E-state index contributed by atoms with van der Waals surface area (Å²) in [5.74, 6) is 1.09. The van der Waals surface area contributed by atoms with Crippen molar-refractivity contribution >= 4 is 17.6 Å². The molecule has 2 N–H and O–H groups in total. The van der Waals surface area contributed by atoms with Crippen LogP contribution in [0.25, 0.3) is 0 Å². The summed E-state index contributed by atoms with van der Waals surface area (Å²) in [6, 6.07) is 1.35. The molecule has 0 aliphatic heterocycles. The fraction of sp³-hybridized carbons (Fsp3) is 0.200. The van der Waals surface area contributed by atoms with Gasteiger partial charge in [0.15, 0.2) is 21.7 Å². The highest BCUT2D eigenvalue weighted by molar-refractivity contribution is 7.99. The lowest BCUT2D eigenvalue weighted by Gasteiger charge is -2.09. The van der Waals surface area contributed by atoms with Gasteiger partial charge in [0.05, 0.1) is 7.11 Å². The van der Waals surface area contributed by atoms with Gasteiger partial charge in [-0.1, -0.05) is 0 Å². The van der Waals surface area contributed by atoms with Crippen molar-refractivity contribution in [3.63, 3.8) is 0 Å². The zero-order valence-electron chi connectivity index (χ0n) is 9.80. The van der Waals surface area contributed by atoms with E-state index >= 15 is 0 Å². The monoisotopic (exact) mass is 265 g/mol. The van der Waals surface area contributed by atoms with Crippen LogP contribution in [0.5, 0.6) is 5.75 Å².